The van der Waals surface area contributed by atoms with Crippen LogP contribution in [0.15, 0.2) is 42.5 Å². The van der Waals surface area contributed by atoms with Gasteiger partial charge in [-0.2, -0.15) is 0 Å². The molecule has 0 aromatic heterocycles. The molecule has 0 unspecified atom stereocenters. The lowest BCUT2D eigenvalue weighted by molar-refractivity contribution is -0.107. The van der Waals surface area contributed by atoms with Crippen molar-refractivity contribution in [1.29, 1.82) is 0 Å². The van der Waals surface area contributed by atoms with E-state index in [1.807, 2.05) is 30.3 Å². The van der Waals surface area contributed by atoms with Crippen molar-refractivity contribution >= 4 is 6.29 Å². The van der Waals surface area contributed by atoms with Crippen LogP contribution in [-0.2, 0) is 17.6 Å². The fraction of sp³-hybridized carbons (Fsp3) is 0.133. The first-order chi connectivity index (χ1) is 8.72. The first-order valence-corrected chi connectivity index (χ1v) is 5.72. The molecular formula is C15H14O3. The van der Waals surface area contributed by atoms with Gasteiger partial charge in [-0.15, -0.1) is 0 Å². The van der Waals surface area contributed by atoms with Crippen LogP contribution < -0.4 is 0 Å². The van der Waals surface area contributed by atoms with Gasteiger partial charge in [-0.3, -0.25) is 0 Å². The molecule has 0 bridgehead atoms. The Labute approximate surface area is 105 Å². The summed E-state index contributed by atoms with van der Waals surface area (Å²) in [5, 5.41) is 19.6. The molecule has 0 radical (unpaired) electrons. The summed E-state index contributed by atoms with van der Waals surface area (Å²) < 4.78 is 0. The summed E-state index contributed by atoms with van der Waals surface area (Å²) >= 11 is 0. The molecule has 2 N–H and O–H groups in total. The number of benzene rings is 2. The van der Waals surface area contributed by atoms with Crippen molar-refractivity contribution in [3.05, 3.63) is 59.2 Å². The van der Waals surface area contributed by atoms with Gasteiger partial charge in [0.15, 0.2) is 0 Å². The summed E-state index contributed by atoms with van der Waals surface area (Å²) in [7, 11) is 0. The number of aldehydes is 1. The van der Waals surface area contributed by atoms with Gasteiger partial charge in [0.1, 0.15) is 17.8 Å². The molecule has 2 rings (SSSR count). The highest BCUT2D eigenvalue weighted by Gasteiger charge is 2.12. The largest absolute Gasteiger partial charge is 0.508 e. The second-order valence-electron chi connectivity index (χ2n) is 4.10. The minimum Gasteiger partial charge on any atom is -0.508 e. The van der Waals surface area contributed by atoms with Crippen LogP contribution in [0.3, 0.4) is 0 Å². The molecule has 3 heteroatoms. The van der Waals surface area contributed by atoms with Gasteiger partial charge in [0, 0.05) is 18.4 Å². The maximum Gasteiger partial charge on any atom is 0.126 e. The van der Waals surface area contributed by atoms with Gasteiger partial charge < -0.3 is 15.0 Å². The van der Waals surface area contributed by atoms with E-state index >= 15 is 0 Å². The first-order valence-electron chi connectivity index (χ1n) is 5.72. The Morgan fingerprint density at radius 2 is 1.72 bits per heavy atom. The maximum absolute atomic E-state index is 10.5. The molecule has 2 aromatic carbocycles. The summed E-state index contributed by atoms with van der Waals surface area (Å²) in [6, 6.07) is 12.9. The predicted molar refractivity (Wildman–Crippen MR) is 68.8 cm³/mol. The molecule has 0 saturated heterocycles. The van der Waals surface area contributed by atoms with E-state index in [9.17, 15) is 15.0 Å². The number of carbonyl (C=O) groups is 1. The Hall–Kier alpha value is -2.29. The number of rotatable bonds is 4. The summed E-state index contributed by atoms with van der Waals surface area (Å²) in [5.41, 5.74) is 2.06. The van der Waals surface area contributed by atoms with Crippen LogP contribution in [-0.4, -0.2) is 16.5 Å². The lowest BCUT2D eigenvalue weighted by Crippen LogP contribution is -1.94. The van der Waals surface area contributed by atoms with Crippen molar-refractivity contribution in [2.24, 2.45) is 0 Å². The van der Waals surface area contributed by atoms with Crippen LogP contribution in [0.1, 0.15) is 16.7 Å². The third-order valence-corrected chi connectivity index (χ3v) is 2.87. The van der Waals surface area contributed by atoms with Gasteiger partial charge in [0.2, 0.25) is 0 Å². The quantitative estimate of drug-likeness (QED) is 0.809. The summed E-state index contributed by atoms with van der Waals surface area (Å²) in [4.78, 5) is 10.5. The minimum atomic E-state index is -0.0450. The van der Waals surface area contributed by atoms with E-state index < -0.39 is 0 Å². The Morgan fingerprint density at radius 3 is 2.39 bits per heavy atom. The van der Waals surface area contributed by atoms with Crippen LogP contribution >= 0.6 is 0 Å². The van der Waals surface area contributed by atoms with Crippen LogP contribution in [0.4, 0.5) is 0 Å². The van der Waals surface area contributed by atoms with Crippen LogP contribution in [0.2, 0.25) is 0 Å². The van der Waals surface area contributed by atoms with E-state index in [4.69, 9.17) is 0 Å². The molecule has 18 heavy (non-hydrogen) atoms. The number of carbonyl (C=O) groups excluding carboxylic acids is 1. The Balaban J connectivity index is 2.34. The highest BCUT2D eigenvalue weighted by Crippen LogP contribution is 2.31. The van der Waals surface area contributed by atoms with Gasteiger partial charge >= 0.3 is 0 Å². The first kappa shape index (κ1) is 12.2. The van der Waals surface area contributed by atoms with E-state index in [1.54, 1.807) is 6.07 Å². The summed E-state index contributed by atoms with van der Waals surface area (Å²) in [6.45, 7) is 0. The van der Waals surface area contributed by atoms with Crippen LogP contribution in [0.5, 0.6) is 11.5 Å². The number of phenols is 2. The third-order valence-electron chi connectivity index (χ3n) is 2.87. The van der Waals surface area contributed by atoms with Gasteiger partial charge in [-0.25, -0.2) is 0 Å². The van der Waals surface area contributed by atoms with Crippen molar-refractivity contribution in [3.8, 4) is 11.5 Å². The topological polar surface area (TPSA) is 57.5 Å². The predicted octanol–water partition coefficient (Wildman–Crippen LogP) is 2.43. The zero-order valence-electron chi connectivity index (χ0n) is 9.84. The molecule has 92 valence electrons. The molecular weight excluding hydrogens is 228 g/mol. The Morgan fingerprint density at radius 1 is 1.00 bits per heavy atom. The van der Waals surface area contributed by atoms with E-state index in [-0.39, 0.29) is 17.9 Å². The molecule has 0 amide bonds. The third kappa shape index (κ3) is 2.51. The van der Waals surface area contributed by atoms with Gasteiger partial charge in [-0.05, 0) is 17.2 Å². The lowest BCUT2D eigenvalue weighted by Gasteiger charge is -2.10. The monoisotopic (exact) mass is 242 g/mol. The highest BCUT2D eigenvalue weighted by atomic mass is 16.3. The Bertz CT molecular complexity index is 547. The maximum atomic E-state index is 10.5. The molecule has 2 aromatic rings. The van der Waals surface area contributed by atoms with E-state index in [0.29, 0.717) is 23.8 Å². The molecule has 0 saturated carbocycles. The standard InChI is InChI=1S/C15H14O3/c16-9-8-13-14(17)7-6-12(15(13)18)10-11-4-2-1-3-5-11/h1-7,9,17-18H,8,10H2. The van der Waals surface area contributed by atoms with Crippen molar-refractivity contribution in [2.45, 2.75) is 12.8 Å². The van der Waals surface area contributed by atoms with E-state index in [2.05, 4.69) is 0 Å². The number of hydrogen-bond donors (Lipinski definition) is 2. The van der Waals surface area contributed by atoms with Crippen molar-refractivity contribution in [3.63, 3.8) is 0 Å². The van der Waals surface area contributed by atoms with Gasteiger partial charge in [-0.1, -0.05) is 36.4 Å². The van der Waals surface area contributed by atoms with Crippen LogP contribution in [0, 0.1) is 0 Å². The smallest absolute Gasteiger partial charge is 0.126 e. The molecule has 0 spiro atoms. The van der Waals surface area contributed by atoms with Crippen molar-refractivity contribution in [2.75, 3.05) is 0 Å². The fourth-order valence-electron chi connectivity index (χ4n) is 1.92. The second-order valence-corrected chi connectivity index (χ2v) is 4.10. The zero-order valence-corrected chi connectivity index (χ0v) is 9.84. The van der Waals surface area contributed by atoms with Crippen LogP contribution in [0.25, 0.3) is 0 Å². The highest BCUT2D eigenvalue weighted by molar-refractivity contribution is 5.62. The van der Waals surface area contributed by atoms with E-state index in [1.165, 1.54) is 6.07 Å². The molecule has 0 atom stereocenters. The average Bonchev–Trinajstić information content (AvgIpc) is 2.39. The van der Waals surface area contributed by atoms with Gasteiger partial charge in [0.25, 0.3) is 0 Å². The van der Waals surface area contributed by atoms with Gasteiger partial charge in [0.05, 0.1) is 0 Å². The molecule has 0 fully saturated rings. The SMILES string of the molecule is O=CCc1c(O)ccc(Cc2ccccc2)c1O. The molecule has 0 aliphatic rings. The molecule has 3 nitrogen and oxygen atoms in total. The Kier molecular flexibility index (Phi) is 3.63. The van der Waals surface area contributed by atoms with Crippen molar-refractivity contribution in [1.82, 2.24) is 0 Å². The number of aromatic hydroxyl groups is 2. The molecule has 0 aliphatic carbocycles. The zero-order chi connectivity index (χ0) is 13.0. The van der Waals surface area contributed by atoms with E-state index in [0.717, 1.165) is 5.56 Å². The minimum absolute atomic E-state index is 0.00551. The van der Waals surface area contributed by atoms with Crippen molar-refractivity contribution < 1.29 is 15.0 Å². The lowest BCUT2D eigenvalue weighted by atomic mass is 9.99. The second kappa shape index (κ2) is 5.36. The normalized spacial score (nSPS) is 10.2. The average molecular weight is 242 g/mol. The number of phenolic OH excluding ortho intramolecular Hbond substituents is 2. The number of hydrogen-bond acceptors (Lipinski definition) is 3. The summed E-state index contributed by atoms with van der Waals surface area (Å²) in [6.07, 6.45) is 1.25. The fourth-order valence-corrected chi connectivity index (χ4v) is 1.92. The molecule has 0 heterocycles. The summed E-state index contributed by atoms with van der Waals surface area (Å²) in [5.74, 6) is -0.0395. The molecule has 0 aliphatic heterocycles.